The number of aromatic nitrogens is 1. The highest BCUT2D eigenvalue weighted by atomic mass is 35.5. The molecule has 3 rings (SSSR count). The molecule has 0 unspecified atom stereocenters. The van der Waals surface area contributed by atoms with Gasteiger partial charge in [-0.25, -0.2) is 4.98 Å². The average Bonchev–Trinajstić information content (AvgIpc) is 2.94. The van der Waals surface area contributed by atoms with Crippen molar-refractivity contribution in [1.82, 2.24) is 4.98 Å². The molecule has 0 saturated heterocycles. The molecule has 0 aliphatic carbocycles. The van der Waals surface area contributed by atoms with Gasteiger partial charge in [0.25, 0.3) is 0 Å². The smallest absolute Gasteiger partial charge is 0.250 e. The molecular weight excluding hydrogens is 411 g/mol. The molecule has 0 fully saturated rings. The molecule has 0 aliphatic rings. The van der Waals surface area contributed by atoms with Crippen LogP contribution in [-0.4, -0.2) is 10.9 Å². The van der Waals surface area contributed by atoms with Crippen LogP contribution >= 0.6 is 46.1 Å². The van der Waals surface area contributed by atoms with Gasteiger partial charge in [-0.15, -0.1) is 11.3 Å². The number of anilines is 1. The zero-order valence-corrected chi connectivity index (χ0v) is 16.7. The molecule has 26 heavy (non-hydrogen) atoms. The number of aryl methyl sites for hydroxylation is 1. The summed E-state index contributed by atoms with van der Waals surface area (Å²) in [6.07, 6.45) is 3.04. The zero-order valence-electron chi connectivity index (χ0n) is 13.6. The van der Waals surface area contributed by atoms with Gasteiger partial charge in [-0.2, -0.15) is 0 Å². The molecular formula is C19H13Cl3N2OS. The minimum absolute atomic E-state index is 0.289. The standard InChI is InChI=1S/C19H13Cl3N2OS/c1-11-18(13-3-2-4-14(20)9-13)24-19(26-11)23-17(25)8-6-12-5-7-15(21)10-16(12)22/h2-10H,1H3,(H,23,24,25)/b8-6+. The summed E-state index contributed by atoms with van der Waals surface area (Å²) in [6.45, 7) is 1.95. The van der Waals surface area contributed by atoms with Crippen molar-refractivity contribution in [1.29, 1.82) is 0 Å². The first-order chi connectivity index (χ1) is 12.4. The number of hydrogen-bond donors (Lipinski definition) is 1. The summed E-state index contributed by atoms with van der Waals surface area (Å²) in [4.78, 5) is 17.6. The summed E-state index contributed by atoms with van der Waals surface area (Å²) >= 11 is 19.4. The number of thiazole rings is 1. The number of amides is 1. The van der Waals surface area contributed by atoms with Gasteiger partial charge in [0.05, 0.1) is 5.69 Å². The number of halogens is 3. The Hall–Kier alpha value is -1.85. The number of nitrogens with zero attached hydrogens (tertiary/aromatic N) is 1. The van der Waals surface area contributed by atoms with Gasteiger partial charge in [0.1, 0.15) is 0 Å². The van der Waals surface area contributed by atoms with Crippen molar-refractivity contribution >= 4 is 63.3 Å². The lowest BCUT2D eigenvalue weighted by Gasteiger charge is -2.00. The molecule has 2 aromatic carbocycles. The zero-order chi connectivity index (χ0) is 18.7. The van der Waals surface area contributed by atoms with E-state index in [1.807, 2.05) is 31.2 Å². The second kappa shape index (κ2) is 8.23. The highest BCUT2D eigenvalue weighted by Gasteiger charge is 2.11. The van der Waals surface area contributed by atoms with Crippen LogP contribution in [0.1, 0.15) is 10.4 Å². The van der Waals surface area contributed by atoms with Crippen LogP contribution < -0.4 is 5.32 Å². The summed E-state index contributed by atoms with van der Waals surface area (Å²) in [7, 11) is 0. The van der Waals surface area contributed by atoms with Crippen LogP contribution in [0.15, 0.2) is 48.5 Å². The van der Waals surface area contributed by atoms with Gasteiger partial charge in [-0.05, 0) is 42.8 Å². The van der Waals surface area contributed by atoms with Crippen molar-refractivity contribution in [3.63, 3.8) is 0 Å². The van der Waals surface area contributed by atoms with Gasteiger partial charge in [0.15, 0.2) is 5.13 Å². The molecule has 3 aromatic rings. The fraction of sp³-hybridized carbons (Fsp3) is 0.0526. The van der Waals surface area contributed by atoms with Gasteiger partial charge in [-0.1, -0.05) is 53.0 Å². The maximum atomic E-state index is 12.2. The second-order valence-corrected chi connectivity index (χ2v) is 7.91. The monoisotopic (exact) mass is 422 g/mol. The summed E-state index contributed by atoms with van der Waals surface area (Å²) in [5.74, 6) is -0.289. The predicted octanol–water partition coefficient (Wildman–Crippen LogP) is 6.73. The fourth-order valence-corrected chi connectivity index (χ4v) is 3.80. The molecule has 1 aromatic heterocycles. The van der Waals surface area contributed by atoms with Crippen molar-refractivity contribution in [2.24, 2.45) is 0 Å². The average molecular weight is 424 g/mol. The van der Waals surface area contributed by atoms with Crippen LogP contribution in [0.5, 0.6) is 0 Å². The van der Waals surface area contributed by atoms with Gasteiger partial charge in [0, 0.05) is 31.6 Å². The molecule has 0 radical (unpaired) electrons. The van der Waals surface area contributed by atoms with E-state index in [9.17, 15) is 4.79 Å². The van der Waals surface area contributed by atoms with E-state index in [0.717, 1.165) is 16.1 Å². The molecule has 0 aliphatic heterocycles. The number of carbonyl (C=O) groups excluding carboxylic acids is 1. The quantitative estimate of drug-likeness (QED) is 0.473. The SMILES string of the molecule is Cc1sc(NC(=O)/C=C/c2ccc(Cl)cc2Cl)nc1-c1cccc(Cl)c1. The van der Waals surface area contributed by atoms with Crippen molar-refractivity contribution in [3.05, 3.63) is 74.0 Å². The molecule has 1 N–H and O–H groups in total. The highest BCUT2D eigenvalue weighted by molar-refractivity contribution is 7.16. The topological polar surface area (TPSA) is 42.0 Å². The lowest BCUT2D eigenvalue weighted by atomic mass is 10.1. The Morgan fingerprint density at radius 3 is 2.62 bits per heavy atom. The third-order valence-corrected chi connectivity index (χ3v) is 5.19. The molecule has 1 amide bonds. The van der Waals surface area contributed by atoms with Crippen molar-refractivity contribution in [2.75, 3.05) is 5.32 Å². The Bertz CT molecular complexity index is 998. The Balaban J connectivity index is 1.74. The molecule has 0 spiro atoms. The number of nitrogens with one attached hydrogen (secondary N) is 1. The predicted molar refractivity (Wildman–Crippen MR) is 111 cm³/mol. The van der Waals surface area contributed by atoms with Crippen LogP contribution in [0, 0.1) is 6.92 Å². The molecule has 0 bridgehead atoms. The third kappa shape index (κ3) is 4.65. The van der Waals surface area contributed by atoms with Crippen LogP contribution in [0.4, 0.5) is 5.13 Å². The normalized spacial score (nSPS) is 11.1. The van der Waals surface area contributed by atoms with E-state index in [4.69, 9.17) is 34.8 Å². The fourth-order valence-electron chi connectivity index (χ4n) is 2.30. The summed E-state index contributed by atoms with van der Waals surface area (Å²) in [5, 5.41) is 4.96. The summed E-state index contributed by atoms with van der Waals surface area (Å²) < 4.78 is 0. The highest BCUT2D eigenvalue weighted by Crippen LogP contribution is 2.31. The minimum atomic E-state index is -0.289. The largest absolute Gasteiger partial charge is 0.298 e. The van der Waals surface area contributed by atoms with Crippen molar-refractivity contribution < 1.29 is 4.79 Å². The maximum absolute atomic E-state index is 12.2. The van der Waals surface area contributed by atoms with Crippen molar-refractivity contribution in [2.45, 2.75) is 6.92 Å². The lowest BCUT2D eigenvalue weighted by Crippen LogP contribution is -2.07. The Morgan fingerprint density at radius 2 is 1.88 bits per heavy atom. The number of carbonyl (C=O) groups is 1. The van der Waals surface area contributed by atoms with Crippen LogP contribution in [0.3, 0.4) is 0 Å². The lowest BCUT2D eigenvalue weighted by molar-refractivity contribution is -0.111. The van der Waals surface area contributed by atoms with E-state index in [-0.39, 0.29) is 5.91 Å². The van der Waals surface area contributed by atoms with Gasteiger partial charge in [0.2, 0.25) is 5.91 Å². The Labute approximate surface area is 170 Å². The first kappa shape index (κ1) is 18.9. The van der Waals surface area contributed by atoms with Crippen LogP contribution in [-0.2, 0) is 4.79 Å². The summed E-state index contributed by atoms with van der Waals surface area (Å²) in [5.41, 5.74) is 2.42. The van der Waals surface area contributed by atoms with E-state index in [0.29, 0.717) is 25.8 Å². The van der Waals surface area contributed by atoms with Gasteiger partial charge in [-0.3, -0.25) is 10.1 Å². The molecule has 132 valence electrons. The minimum Gasteiger partial charge on any atom is -0.298 e. The number of hydrogen-bond acceptors (Lipinski definition) is 3. The van der Waals surface area contributed by atoms with Gasteiger partial charge >= 0.3 is 0 Å². The first-order valence-corrected chi connectivity index (χ1v) is 9.55. The number of benzene rings is 2. The molecule has 0 atom stereocenters. The van der Waals surface area contributed by atoms with E-state index in [1.54, 1.807) is 24.3 Å². The first-order valence-electron chi connectivity index (χ1n) is 7.60. The van der Waals surface area contributed by atoms with Crippen LogP contribution in [0.2, 0.25) is 15.1 Å². The van der Waals surface area contributed by atoms with E-state index in [1.165, 1.54) is 17.4 Å². The molecule has 1 heterocycles. The van der Waals surface area contributed by atoms with E-state index >= 15 is 0 Å². The maximum Gasteiger partial charge on any atom is 0.250 e. The van der Waals surface area contributed by atoms with Gasteiger partial charge < -0.3 is 0 Å². The molecule has 0 saturated carbocycles. The summed E-state index contributed by atoms with van der Waals surface area (Å²) in [6, 6.07) is 12.5. The Kier molecular flexibility index (Phi) is 5.99. The second-order valence-electron chi connectivity index (χ2n) is 5.42. The van der Waals surface area contributed by atoms with Crippen LogP contribution in [0.25, 0.3) is 17.3 Å². The third-order valence-electron chi connectivity index (χ3n) is 3.50. The molecule has 3 nitrogen and oxygen atoms in total. The Morgan fingerprint density at radius 1 is 1.12 bits per heavy atom. The van der Waals surface area contributed by atoms with E-state index < -0.39 is 0 Å². The number of rotatable bonds is 4. The van der Waals surface area contributed by atoms with E-state index in [2.05, 4.69) is 10.3 Å². The molecule has 7 heteroatoms. The van der Waals surface area contributed by atoms with Crippen molar-refractivity contribution in [3.8, 4) is 11.3 Å².